The summed E-state index contributed by atoms with van der Waals surface area (Å²) in [6, 6.07) is 19.5. The van der Waals surface area contributed by atoms with Crippen LogP contribution in [0.5, 0.6) is 0 Å². The van der Waals surface area contributed by atoms with E-state index in [1.165, 1.54) is 10.7 Å². The molecule has 7 nitrogen and oxygen atoms in total. The van der Waals surface area contributed by atoms with Gasteiger partial charge in [0.05, 0.1) is 17.1 Å². The third-order valence-corrected chi connectivity index (χ3v) is 6.01. The van der Waals surface area contributed by atoms with Crippen LogP contribution in [-0.4, -0.2) is 25.2 Å². The van der Waals surface area contributed by atoms with E-state index in [4.69, 9.17) is 4.98 Å². The van der Waals surface area contributed by atoms with Crippen LogP contribution in [-0.2, 0) is 17.8 Å². The molecular formula is C26H25N5O2. The van der Waals surface area contributed by atoms with Crippen molar-refractivity contribution in [2.45, 2.75) is 38.8 Å². The molecule has 1 aliphatic rings. The van der Waals surface area contributed by atoms with E-state index in [0.29, 0.717) is 11.4 Å². The van der Waals surface area contributed by atoms with Crippen molar-refractivity contribution in [3.63, 3.8) is 0 Å². The minimum atomic E-state index is -0.788. The molecule has 166 valence electrons. The molecule has 0 unspecified atom stereocenters. The Labute approximate surface area is 191 Å². The monoisotopic (exact) mass is 439 g/mol. The summed E-state index contributed by atoms with van der Waals surface area (Å²) >= 11 is 0. The number of carbonyl (C=O) groups excluding carboxylic acids is 1. The van der Waals surface area contributed by atoms with Crippen molar-refractivity contribution in [2.75, 3.05) is 5.32 Å². The van der Waals surface area contributed by atoms with Crippen LogP contribution >= 0.6 is 0 Å². The Morgan fingerprint density at radius 1 is 0.970 bits per heavy atom. The summed E-state index contributed by atoms with van der Waals surface area (Å²) in [6.45, 7) is 2.65. The smallest absolute Gasteiger partial charge is 0.267 e. The van der Waals surface area contributed by atoms with E-state index < -0.39 is 6.04 Å². The fraction of sp³-hybridized carbons (Fsp3) is 0.231. The van der Waals surface area contributed by atoms with Crippen LogP contribution in [0.15, 0.2) is 77.7 Å². The lowest BCUT2D eigenvalue weighted by Crippen LogP contribution is -2.33. The average molecular weight is 440 g/mol. The van der Waals surface area contributed by atoms with Gasteiger partial charge in [-0.25, -0.2) is 9.67 Å². The highest BCUT2D eigenvalue weighted by atomic mass is 16.2. The lowest BCUT2D eigenvalue weighted by atomic mass is 10.1. The summed E-state index contributed by atoms with van der Waals surface area (Å²) in [6.07, 6.45) is 5.33. The van der Waals surface area contributed by atoms with Gasteiger partial charge in [0.25, 0.3) is 5.56 Å². The predicted molar refractivity (Wildman–Crippen MR) is 128 cm³/mol. The average Bonchev–Trinajstić information content (AvgIpc) is 3.29. The summed E-state index contributed by atoms with van der Waals surface area (Å²) < 4.78 is 3.42. The molecule has 2 aromatic heterocycles. The Morgan fingerprint density at radius 2 is 1.76 bits per heavy atom. The number of aryl methyl sites for hydroxylation is 2. The molecule has 1 amide bonds. The number of carbonyl (C=O) groups is 1. The molecule has 0 radical (unpaired) electrons. The molecule has 0 bridgehead atoms. The van der Waals surface area contributed by atoms with E-state index in [1.54, 1.807) is 13.0 Å². The van der Waals surface area contributed by atoms with Gasteiger partial charge in [-0.2, -0.15) is 5.10 Å². The van der Waals surface area contributed by atoms with Gasteiger partial charge >= 0.3 is 0 Å². The van der Waals surface area contributed by atoms with Crippen LogP contribution in [0.3, 0.4) is 0 Å². The van der Waals surface area contributed by atoms with Crippen molar-refractivity contribution in [1.29, 1.82) is 0 Å². The number of hydrogen-bond donors (Lipinski definition) is 1. The minimum absolute atomic E-state index is 0.314. The molecule has 0 spiro atoms. The molecule has 4 aromatic rings. The molecule has 0 saturated heterocycles. The maximum Gasteiger partial charge on any atom is 0.267 e. The number of para-hydroxylation sites is 1. The first-order chi connectivity index (χ1) is 16.1. The molecule has 0 saturated carbocycles. The van der Waals surface area contributed by atoms with Crippen molar-refractivity contribution in [3.8, 4) is 22.5 Å². The van der Waals surface area contributed by atoms with Gasteiger partial charge in [0.15, 0.2) is 0 Å². The second kappa shape index (κ2) is 8.86. The molecular weight excluding hydrogens is 414 g/mol. The maximum atomic E-state index is 13.2. The molecule has 5 rings (SSSR count). The van der Waals surface area contributed by atoms with Crippen LogP contribution in [0.2, 0.25) is 0 Å². The fourth-order valence-electron chi connectivity index (χ4n) is 4.17. The Balaban J connectivity index is 1.42. The van der Waals surface area contributed by atoms with E-state index >= 15 is 0 Å². The third kappa shape index (κ3) is 4.22. The van der Waals surface area contributed by atoms with Crippen molar-refractivity contribution in [3.05, 3.63) is 89.1 Å². The Hall–Kier alpha value is -4.00. The molecule has 1 atom stereocenters. The molecule has 3 heterocycles. The molecule has 1 aliphatic heterocycles. The zero-order chi connectivity index (χ0) is 22.8. The lowest BCUT2D eigenvalue weighted by Gasteiger charge is -2.16. The molecule has 33 heavy (non-hydrogen) atoms. The maximum absolute atomic E-state index is 13.2. The number of imidazole rings is 1. The van der Waals surface area contributed by atoms with Crippen molar-refractivity contribution < 1.29 is 4.79 Å². The van der Waals surface area contributed by atoms with Gasteiger partial charge in [-0.3, -0.25) is 9.59 Å². The van der Waals surface area contributed by atoms with Gasteiger partial charge in [-0.05, 0) is 31.9 Å². The third-order valence-electron chi connectivity index (χ3n) is 6.01. The normalized spacial score (nSPS) is 13.8. The number of anilines is 1. The number of hydrogen-bond acceptors (Lipinski definition) is 4. The Morgan fingerprint density at radius 3 is 2.58 bits per heavy atom. The molecule has 1 N–H and O–H groups in total. The first kappa shape index (κ1) is 20.9. The number of nitrogens with zero attached hydrogens (tertiary/aromatic N) is 4. The van der Waals surface area contributed by atoms with E-state index in [-0.39, 0.29) is 11.5 Å². The number of benzene rings is 2. The standard InChI is InChI=1S/C26H25N5O2/c1-18(31-25(32)15-14-21(29-31)19-9-3-2-4-10-19)26(33)28-22-12-6-5-11-20(22)23-17-30-16-8-7-13-24(30)27-23/h2-6,9-12,14-15,17-18H,7-8,13,16H2,1H3,(H,28,33)/t18-/m1/s1. The van der Waals surface area contributed by atoms with E-state index in [9.17, 15) is 9.59 Å². The highest BCUT2D eigenvalue weighted by Gasteiger charge is 2.21. The number of nitrogens with one attached hydrogen (secondary N) is 1. The van der Waals surface area contributed by atoms with Crippen molar-refractivity contribution in [1.82, 2.24) is 19.3 Å². The van der Waals surface area contributed by atoms with Gasteiger partial charge in [0, 0.05) is 36.4 Å². The van der Waals surface area contributed by atoms with Crippen LogP contribution in [0.4, 0.5) is 5.69 Å². The number of amides is 1. The zero-order valence-electron chi connectivity index (χ0n) is 18.4. The largest absolute Gasteiger partial charge is 0.334 e. The predicted octanol–water partition coefficient (Wildman–Crippen LogP) is 4.31. The highest BCUT2D eigenvalue weighted by molar-refractivity contribution is 5.97. The van der Waals surface area contributed by atoms with Crippen LogP contribution in [0.1, 0.15) is 31.6 Å². The summed E-state index contributed by atoms with van der Waals surface area (Å²) in [5.41, 5.74) is 3.56. The van der Waals surface area contributed by atoms with E-state index in [2.05, 4.69) is 21.2 Å². The number of rotatable bonds is 5. The minimum Gasteiger partial charge on any atom is -0.334 e. The number of fused-ring (bicyclic) bond motifs is 1. The Bertz CT molecular complexity index is 1330. The SMILES string of the molecule is C[C@H](C(=O)Nc1ccccc1-c1cn2c(n1)CCCC2)n1nc(-c2ccccc2)ccc1=O. The van der Waals surface area contributed by atoms with Crippen LogP contribution < -0.4 is 10.9 Å². The second-order valence-electron chi connectivity index (χ2n) is 8.27. The lowest BCUT2D eigenvalue weighted by molar-refractivity contribution is -0.119. The quantitative estimate of drug-likeness (QED) is 0.502. The summed E-state index contributed by atoms with van der Waals surface area (Å²) in [5, 5.41) is 7.44. The van der Waals surface area contributed by atoms with Crippen molar-refractivity contribution in [2.24, 2.45) is 0 Å². The van der Waals surface area contributed by atoms with Crippen molar-refractivity contribution >= 4 is 11.6 Å². The summed E-state index contributed by atoms with van der Waals surface area (Å²) in [7, 11) is 0. The molecule has 2 aromatic carbocycles. The first-order valence-electron chi connectivity index (χ1n) is 11.2. The van der Waals surface area contributed by atoms with Gasteiger partial charge in [-0.1, -0.05) is 48.5 Å². The van der Waals surface area contributed by atoms with Gasteiger partial charge in [-0.15, -0.1) is 0 Å². The van der Waals surface area contributed by atoms with Crippen LogP contribution in [0.25, 0.3) is 22.5 Å². The van der Waals surface area contributed by atoms with Gasteiger partial charge in [0.1, 0.15) is 11.9 Å². The molecule has 0 aliphatic carbocycles. The van der Waals surface area contributed by atoms with Gasteiger partial charge < -0.3 is 9.88 Å². The molecule has 7 heteroatoms. The number of aromatic nitrogens is 4. The fourth-order valence-corrected chi connectivity index (χ4v) is 4.17. The first-order valence-corrected chi connectivity index (χ1v) is 11.2. The van der Waals surface area contributed by atoms with Crippen LogP contribution in [0, 0.1) is 0 Å². The second-order valence-corrected chi connectivity index (χ2v) is 8.27. The Kier molecular flexibility index (Phi) is 5.60. The molecule has 0 fully saturated rings. The van der Waals surface area contributed by atoms with E-state index in [1.807, 2.05) is 54.6 Å². The van der Waals surface area contributed by atoms with E-state index in [0.717, 1.165) is 48.5 Å². The summed E-state index contributed by atoms with van der Waals surface area (Å²) in [5.74, 6) is 0.769. The van der Waals surface area contributed by atoms with Gasteiger partial charge in [0.2, 0.25) is 5.91 Å². The zero-order valence-corrected chi connectivity index (χ0v) is 18.4. The highest BCUT2D eigenvalue weighted by Crippen LogP contribution is 2.29. The summed E-state index contributed by atoms with van der Waals surface area (Å²) in [4.78, 5) is 30.5. The topological polar surface area (TPSA) is 81.8 Å².